The van der Waals surface area contributed by atoms with Gasteiger partial charge in [-0.2, -0.15) is 0 Å². The van der Waals surface area contributed by atoms with Crippen LogP contribution in [-0.4, -0.2) is 21.0 Å². The summed E-state index contributed by atoms with van der Waals surface area (Å²) in [6, 6.07) is 9.40. The van der Waals surface area contributed by atoms with Crippen LogP contribution in [0.4, 0.5) is 5.69 Å². The Morgan fingerprint density at radius 2 is 1.87 bits per heavy atom. The minimum Gasteiger partial charge on any atom is -0.417 e. The van der Waals surface area contributed by atoms with Crippen molar-refractivity contribution in [2.24, 2.45) is 0 Å². The molecule has 0 unspecified atom stereocenters. The third kappa shape index (κ3) is 5.35. The lowest BCUT2D eigenvalue weighted by molar-refractivity contribution is 0.277. The fourth-order valence-electron chi connectivity index (χ4n) is 2.93. The Hall–Kier alpha value is -0.803. The first-order valence-corrected chi connectivity index (χ1v) is 12.2. The Balaban J connectivity index is 1.60. The Morgan fingerprint density at radius 3 is 2.61 bits per heavy atom. The largest absolute Gasteiger partial charge is 0.417 e. The highest BCUT2D eigenvalue weighted by atomic mass is 28.4. The number of nitrogens with one attached hydrogen (secondary N) is 1. The van der Waals surface area contributed by atoms with Crippen molar-refractivity contribution < 1.29 is 4.43 Å². The van der Waals surface area contributed by atoms with Crippen LogP contribution in [0.3, 0.4) is 0 Å². The number of aryl methyl sites for hydroxylation is 1. The predicted octanol–water partition coefficient (Wildman–Crippen LogP) is 6.00. The Labute approximate surface area is 144 Å². The number of para-hydroxylation sites is 1. The topological polar surface area (TPSA) is 21.3 Å². The molecule has 0 saturated carbocycles. The van der Waals surface area contributed by atoms with E-state index in [1.54, 1.807) is 0 Å². The van der Waals surface area contributed by atoms with Gasteiger partial charge in [-0.05, 0) is 55.4 Å². The maximum atomic E-state index is 6.26. The number of unbranched alkanes of at least 4 members (excludes halogenated alkanes) is 2. The minimum atomic E-state index is -1.55. The van der Waals surface area contributed by atoms with Gasteiger partial charge in [-0.25, -0.2) is 0 Å². The van der Waals surface area contributed by atoms with Gasteiger partial charge in [-0.3, -0.25) is 0 Å². The van der Waals surface area contributed by atoms with Crippen LogP contribution in [-0.2, 0) is 10.8 Å². The van der Waals surface area contributed by atoms with Crippen LogP contribution in [0.2, 0.25) is 18.1 Å². The quantitative estimate of drug-likeness (QED) is 0.488. The molecule has 130 valence electrons. The molecule has 1 atom stereocenters. The molecule has 2 nitrogen and oxygen atoms in total. The zero-order valence-electron chi connectivity index (χ0n) is 15.7. The van der Waals surface area contributed by atoms with Crippen LogP contribution < -0.4 is 5.32 Å². The lowest BCUT2D eigenvalue weighted by Gasteiger charge is -2.36. The molecule has 2 rings (SSSR count). The molecule has 0 aromatic heterocycles. The number of benzene rings is 1. The van der Waals surface area contributed by atoms with Gasteiger partial charge in [0, 0.05) is 18.3 Å². The van der Waals surface area contributed by atoms with Gasteiger partial charge in [0.05, 0.1) is 0 Å². The van der Waals surface area contributed by atoms with Crippen molar-refractivity contribution in [2.75, 3.05) is 11.9 Å². The molecule has 0 bridgehead atoms. The van der Waals surface area contributed by atoms with Crippen molar-refractivity contribution in [3.8, 4) is 0 Å². The van der Waals surface area contributed by atoms with E-state index < -0.39 is 8.32 Å². The van der Waals surface area contributed by atoms with E-state index in [1.807, 2.05) is 0 Å². The molecule has 1 aliphatic heterocycles. The zero-order valence-corrected chi connectivity index (χ0v) is 16.7. The van der Waals surface area contributed by atoms with E-state index in [1.165, 1.54) is 49.8 Å². The second-order valence-corrected chi connectivity index (χ2v) is 13.3. The van der Waals surface area contributed by atoms with E-state index in [-0.39, 0.29) is 0 Å². The maximum absolute atomic E-state index is 6.26. The van der Waals surface area contributed by atoms with Crippen molar-refractivity contribution in [2.45, 2.75) is 83.5 Å². The summed E-state index contributed by atoms with van der Waals surface area (Å²) >= 11 is 0. The van der Waals surface area contributed by atoms with Gasteiger partial charge >= 0.3 is 0 Å². The second kappa shape index (κ2) is 7.85. The summed E-state index contributed by atoms with van der Waals surface area (Å²) in [6.45, 7) is 12.6. The molecule has 1 N–H and O–H groups in total. The Morgan fingerprint density at radius 1 is 1.13 bits per heavy atom. The summed E-state index contributed by atoms with van der Waals surface area (Å²) < 4.78 is 6.26. The second-order valence-electron chi connectivity index (χ2n) is 8.50. The van der Waals surface area contributed by atoms with Gasteiger partial charge in [0.1, 0.15) is 0 Å². The first kappa shape index (κ1) is 18.5. The van der Waals surface area contributed by atoms with Gasteiger partial charge in [0.2, 0.25) is 0 Å². The molecule has 0 spiro atoms. The van der Waals surface area contributed by atoms with Crippen LogP contribution >= 0.6 is 0 Å². The van der Waals surface area contributed by atoms with E-state index in [4.69, 9.17) is 4.43 Å². The molecular weight excluding hydrogens is 298 g/mol. The SMILES string of the molecule is CC(C)(C)[Si](C)(C)OCCCCC[C@H]1CCc2ccccc2N1. The lowest BCUT2D eigenvalue weighted by Crippen LogP contribution is -2.40. The number of hydrogen-bond donors (Lipinski definition) is 1. The highest BCUT2D eigenvalue weighted by molar-refractivity contribution is 6.74. The summed E-state index contributed by atoms with van der Waals surface area (Å²) in [5.74, 6) is 0. The molecule has 0 aliphatic carbocycles. The van der Waals surface area contributed by atoms with Crippen LogP contribution in [0.5, 0.6) is 0 Å². The molecule has 3 heteroatoms. The fourth-order valence-corrected chi connectivity index (χ4v) is 4.02. The highest BCUT2D eigenvalue weighted by Gasteiger charge is 2.36. The molecule has 1 heterocycles. The molecule has 0 saturated heterocycles. The molecule has 0 radical (unpaired) electrons. The Kier molecular flexibility index (Phi) is 6.32. The summed E-state index contributed by atoms with van der Waals surface area (Å²) in [6.07, 6.45) is 7.58. The molecule has 23 heavy (non-hydrogen) atoms. The van der Waals surface area contributed by atoms with E-state index in [9.17, 15) is 0 Å². The average molecular weight is 334 g/mol. The number of rotatable bonds is 7. The third-order valence-electron chi connectivity index (χ3n) is 5.61. The van der Waals surface area contributed by atoms with Crippen LogP contribution in [0, 0.1) is 0 Å². The van der Waals surface area contributed by atoms with E-state index >= 15 is 0 Å². The predicted molar refractivity (Wildman–Crippen MR) is 104 cm³/mol. The molecule has 1 aliphatic rings. The average Bonchev–Trinajstić information content (AvgIpc) is 2.49. The molecule has 0 fully saturated rings. The zero-order chi connectivity index (χ0) is 16.9. The van der Waals surface area contributed by atoms with Gasteiger partial charge in [0.15, 0.2) is 8.32 Å². The summed E-state index contributed by atoms with van der Waals surface area (Å²) in [4.78, 5) is 0. The summed E-state index contributed by atoms with van der Waals surface area (Å²) in [7, 11) is -1.55. The van der Waals surface area contributed by atoms with Crippen molar-refractivity contribution in [1.82, 2.24) is 0 Å². The summed E-state index contributed by atoms with van der Waals surface area (Å²) in [5.41, 5.74) is 2.83. The summed E-state index contributed by atoms with van der Waals surface area (Å²) in [5, 5.41) is 4.03. The van der Waals surface area contributed by atoms with Crippen molar-refractivity contribution in [3.05, 3.63) is 29.8 Å². The molecule has 1 aromatic rings. The van der Waals surface area contributed by atoms with E-state index in [2.05, 4.69) is 63.4 Å². The minimum absolute atomic E-state index is 0.326. The maximum Gasteiger partial charge on any atom is 0.191 e. The highest BCUT2D eigenvalue weighted by Crippen LogP contribution is 2.36. The first-order chi connectivity index (χ1) is 10.8. The lowest BCUT2D eigenvalue weighted by atomic mass is 9.95. The monoisotopic (exact) mass is 333 g/mol. The molecule has 0 amide bonds. The Bertz CT molecular complexity index is 493. The number of fused-ring (bicyclic) bond motifs is 1. The van der Waals surface area contributed by atoms with Gasteiger partial charge in [-0.15, -0.1) is 0 Å². The molecular formula is C20H35NOSi. The smallest absolute Gasteiger partial charge is 0.191 e. The number of hydrogen-bond acceptors (Lipinski definition) is 2. The van der Waals surface area contributed by atoms with E-state index in [0.29, 0.717) is 11.1 Å². The van der Waals surface area contributed by atoms with Crippen molar-refractivity contribution in [1.29, 1.82) is 0 Å². The van der Waals surface area contributed by atoms with Gasteiger partial charge in [-0.1, -0.05) is 51.8 Å². The van der Waals surface area contributed by atoms with Gasteiger partial charge < -0.3 is 9.74 Å². The standard InChI is InChI=1S/C20H35NOSi/c1-20(2,3)23(4,5)22-16-10-6-7-12-18-15-14-17-11-8-9-13-19(17)21-18/h8-9,11,13,18,21H,6-7,10,12,14-16H2,1-5H3/t18-/m0/s1. The fraction of sp³-hybridized carbons (Fsp3) is 0.700. The molecule has 1 aromatic carbocycles. The first-order valence-electron chi connectivity index (χ1n) is 9.28. The van der Waals surface area contributed by atoms with Crippen LogP contribution in [0.1, 0.15) is 58.4 Å². The van der Waals surface area contributed by atoms with Gasteiger partial charge in [0.25, 0.3) is 0 Å². The van der Waals surface area contributed by atoms with Crippen LogP contribution in [0.25, 0.3) is 0 Å². The number of anilines is 1. The van der Waals surface area contributed by atoms with E-state index in [0.717, 1.165) is 6.61 Å². The third-order valence-corrected chi connectivity index (χ3v) is 10.1. The normalized spacial score (nSPS) is 18.4. The van der Waals surface area contributed by atoms with Crippen molar-refractivity contribution >= 4 is 14.0 Å². The van der Waals surface area contributed by atoms with Crippen LogP contribution in [0.15, 0.2) is 24.3 Å². The van der Waals surface area contributed by atoms with Crippen molar-refractivity contribution in [3.63, 3.8) is 0 Å².